The van der Waals surface area contributed by atoms with E-state index in [2.05, 4.69) is 20.9 Å². The molecule has 19 heavy (non-hydrogen) atoms. The molecule has 2 rings (SSSR count). The van der Waals surface area contributed by atoms with Gasteiger partial charge in [0, 0.05) is 16.2 Å². The first-order valence-electron chi connectivity index (χ1n) is 5.79. The number of methoxy groups -OCH3 is 1. The van der Waals surface area contributed by atoms with E-state index in [0.29, 0.717) is 5.88 Å². The minimum atomic E-state index is 0.587. The first kappa shape index (κ1) is 13.6. The summed E-state index contributed by atoms with van der Waals surface area (Å²) in [6.45, 7) is 1.93. The van der Waals surface area contributed by atoms with Gasteiger partial charge in [0.2, 0.25) is 5.88 Å². The van der Waals surface area contributed by atoms with E-state index in [0.717, 1.165) is 21.5 Å². The van der Waals surface area contributed by atoms with Crippen LogP contribution in [0.5, 0.6) is 11.6 Å². The lowest BCUT2D eigenvalue weighted by Crippen LogP contribution is -1.90. The molecule has 0 N–H and O–H groups in total. The molecule has 1 aromatic heterocycles. The number of rotatable bonds is 4. The Hall–Kier alpha value is -1.81. The first-order chi connectivity index (χ1) is 9.19. The summed E-state index contributed by atoms with van der Waals surface area (Å²) < 4.78 is 11.6. The lowest BCUT2D eigenvalue weighted by molar-refractivity contribution is 0.341. The number of hydrogen-bond acceptors (Lipinski definition) is 3. The predicted molar refractivity (Wildman–Crippen MR) is 79.2 cm³/mol. The molecule has 2 aromatic rings. The van der Waals surface area contributed by atoms with Crippen molar-refractivity contribution in [2.45, 2.75) is 6.92 Å². The van der Waals surface area contributed by atoms with Crippen LogP contribution in [0.25, 0.3) is 6.08 Å². The van der Waals surface area contributed by atoms with Crippen molar-refractivity contribution in [3.8, 4) is 11.6 Å². The van der Waals surface area contributed by atoms with Crippen molar-refractivity contribution in [3.05, 3.63) is 58.4 Å². The third kappa shape index (κ3) is 3.83. The highest BCUT2D eigenvalue weighted by Crippen LogP contribution is 2.26. The third-order valence-electron chi connectivity index (χ3n) is 2.44. The topological polar surface area (TPSA) is 31.4 Å². The molecular weight excluding hydrogens is 306 g/mol. The van der Waals surface area contributed by atoms with Gasteiger partial charge in [-0.3, -0.25) is 0 Å². The zero-order valence-corrected chi connectivity index (χ0v) is 12.3. The predicted octanol–water partition coefficient (Wildman–Crippen LogP) is 4.56. The van der Waals surface area contributed by atoms with E-state index in [-0.39, 0.29) is 0 Å². The minimum absolute atomic E-state index is 0.587. The van der Waals surface area contributed by atoms with E-state index in [1.54, 1.807) is 13.4 Å². The van der Waals surface area contributed by atoms with Gasteiger partial charge in [-0.1, -0.05) is 22.0 Å². The molecule has 0 aliphatic heterocycles. The molecule has 4 heteroatoms. The molecule has 3 nitrogen and oxygen atoms in total. The van der Waals surface area contributed by atoms with E-state index in [9.17, 15) is 0 Å². The molecule has 0 bridgehead atoms. The molecule has 0 aliphatic carbocycles. The van der Waals surface area contributed by atoms with Gasteiger partial charge in [-0.05, 0) is 42.8 Å². The molecule has 0 fully saturated rings. The number of ether oxygens (including phenoxy) is 2. The number of halogens is 1. The average molecular weight is 320 g/mol. The molecule has 0 saturated carbocycles. The number of hydrogen-bond donors (Lipinski definition) is 0. The Labute approximate surface area is 121 Å². The molecule has 0 saturated heterocycles. The van der Waals surface area contributed by atoms with E-state index in [1.165, 1.54) is 0 Å². The summed E-state index contributed by atoms with van der Waals surface area (Å²) in [5, 5.41) is 0. The Morgan fingerprint density at radius 3 is 2.79 bits per heavy atom. The Morgan fingerprint density at radius 1 is 1.21 bits per heavy atom. The van der Waals surface area contributed by atoms with E-state index < -0.39 is 0 Å². The van der Waals surface area contributed by atoms with Crippen LogP contribution in [0.2, 0.25) is 0 Å². The molecule has 0 atom stereocenters. The summed E-state index contributed by atoms with van der Waals surface area (Å²) in [5.74, 6) is 1.32. The van der Waals surface area contributed by atoms with E-state index in [1.807, 2.05) is 49.4 Å². The van der Waals surface area contributed by atoms with Gasteiger partial charge >= 0.3 is 0 Å². The largest absolute Gasteiger partial charge is 0.504 e. The smallest absolute Gasteiger partial charge is 0.219 e. The van der Waals surface area contributed by atoms with Crippen LogP contribution in [0.1, 0.15) is 11.3 Å². The number of aryl methyl sites for hydroxylation is 1. The first-order valence-corrected chi connectivity index (χ1v) is 6.59. The van der Waals surface area contributed by atoms with Gasteiger partial charge in [0.15, 0.2) is 0 Å². The number of benzene rings is 1. The zero-order chi connectivity index (χ0) is 13.7. The van der Waals surface area contributed by atoms with Gasteiger partial charge in [-0.25, -0.2) is 4.98 Å². The maximum absolute atomic E-state index is 5.73. The Morgan fingerprint density at radius 2 is 2.05 bits per heavy atom. The Bertz CT molecular complexity index is 596. The SMILES string of the molecule is CO/C=C/c1cc(Oc2cccc(C)n2)ccc1Br. The molecule has 0 aliphatic rings. The number of aromatic nitrogens is 1. The standard InChI is InChI=1S/C15H14BrNO2/c1-11-4-3-5-15(17-11)19-13-6-7-14(16)12(10-13)8-9-18-2/h3-10H,1-2H3/b9-8+. The summed E-state index contributed by atoms with van der Waals surface area (Å²) in [6, 6.07) is 11.4. The molecule has 0 amide bonds. The van der Waals surface area contributed by atoms with E-state index in [4.69, 9.17) is 9.47 Å². The van der Waals surface area contributed by atoms with Crippen molar-refractivity contribution < 1.29 is 9.47 Å². The van der Waals surface area contributed by atoms with Gasteiger partial charge in [-0.15, -0.1) is 0 Å². The van der Waals surface area contributed by atoms with Crippen LogP contribution in [0.15, 0.2) is 47.1 Å². The van der Waals surface area contributed by atoms with Gasteiger partial charge in [0.1, 0.15) is 5.75 Å². The summed E-state index contributed by atoms with van der Waals surface area (Å²) >= 11 is 3.48. The van der Waals surface area contributed by atoms with Gasteiger partial charge in [0.05, 0.1) is 13.4 Å². The quantitative estimate of drug-likeness (QED) is 0.774. The molecule has 0 radical (unpaired) electrons. The highest BCUT2D eigenvalue weighted by atomic mass is 79.9. The van der Waals surface area contributed by atoms with Crippen LogP contribution in [0.4, 0.5) is 0 Å². The fourth-order valence-electron chi connectivity index (χ4n) is 1.55. The van der Waals surface area contributed by atoms with Crippen LogP contribution in [-0.4, -0.2) is 12.1 Å². The zero-order valence-electron chi connectivity index (χ0n) is 10.8. The molecular formula is C15H14BrNO2. The molecule has 0 unspecified atom stereocenters. The molecule has 1 aromatic carbocycles. The molecule has 98 valence electrons. The monoisotopic (exact) mass is 319 g/mol. The molecule has 0 spiro atoms. The normalized spacial score (nSPS) is 10.7. The van der Waals surface area contributed by atoms with Gasteiger partial charge < -0.3 is 9.47 Å². The second-order valence-corrected chi connectivity index (χ2v) is 4.80. The molecule has 1 heterocycles. The third-order valence-corrected chi connectivity index (χ3v) is 3.16. The van der Waals surface area contributed by atoms with Crippen LogP contribution in [0, 0.1) is 6.92 Å². The average Bonchev–Trinajstić information content (AvgIpc) is 2.39. The van der Waals surface area contributed by atoms with Crippen LogP contribution >= 0.6 is 15.9 Å². The fraction of sp³-hybridized carbons (Fsp3) is 0.133. The van der Waals surface area contributed by atoms with Crippen molar-refractivity contribution in [3.63, 3.8) is 0 Å². The summed E-state index contributed by atoms with van der Waals surface area (Å²) in [5.41, 5.74) is 1.90. The maximum Gasteiger partial charge on any atom is 0.219 e. The van der Waals surface area contributed by atoms with Gasteiger partial charge in [0.25, 0.3) is 0 Å². The second-order valence-electron chi connectivity index (χ2n) is 3.94. The summed E-state index contributed by atoms with van der Waals surface area (Å²) in [7, 11) is 1.61. The lowest BCUT2D eigenvalue weighted by Gasteiger charge is -2.07. The van der Waals surface area contributed by atoms with Crippen molar-refractivity contribution in [1.82, 2.24) is 4.98 Å². The number of pyridine rings is 1. The van der Waals surface area contributed by atoms with Crippen LogP contribution in [0.3, 0.4) is 0 Å². The van der Waals surface area contributed by atoms with Crippen molar-refractivity contribution in [2.75, 3.05) is 7.11 Å². The Balaban J connectivity index is 2.23. The minimum Gasteiger partial charge on any atom is -0.504 e. The highest BCUT2D eigenvalue weighted by molar-refractivity contribution is 9.10. The van der Waals surface area contributed by atoms with Crippen molar-refractivity contribution in [1.29, 1.82) is 0 Å². The lowest BCUT2D eigenvalue weighted by atomic mass is 10.2. The van der Waals surface area contributed by atoms with Crippen molar-refractivity contribution in [2.24, 2.45) is 0 Å². The summed E-state index contributed by atoms with van der Waals surface area (Å²) in [4.78, 5) is 4.31. The van der Waals surface area contributed by atoms with Crippen LogP contribution in [-0.2, 0) is 4.74 Å². The number of nitrogens with zero attached hydrogens (tertiary/aromatic N) is 1. The maximum atomic E-state index is 5.73. The van der Waals surface area contributed by atoms with Gasteiger partial charge in [-0.2, -0.15) is 0 Å². The fourth-order valence-corrected chi connectivity index (χ4v) is 1.93. The van der Waals surface area contributed by atoms with Crippen molar-refractivity contribution >= 4 is 22.0 Å². The second kappa shape index (κ2) is 6.38. The Kier molecular flexibility index (Phi) is 4.58. The highest BCUT2D eigenvalue weighted by Gasteiger charge is 2.02. The van der Waals surface area contributed by atoms with Crippen LogP contribution < -0.4 is 4.74 Å². The summed E-state index contributed by atoms with van der Waals surface area (Å²) in [6.07, 6.45) is 3.48. The van der Waals surface area contributed by atoms with E-state index >= 15 is 0 Å².